The number of anilines is 1. The van der Waals surface area contributed by atoms with Crippen LogP contribution in [0.25, 0.3) is 0 Å². The average Bonchev–Trinajstić information content (AvgIpc) is 2.75. The molecule has 5 nitrogen and oxygen atoms in total. The summed E-state index contributed by atoms with van der Waals surface area (Å²) in [6, 6.07) is 17.2. The maximum absolute atomic E-state index is 12.6. The fourth-order valence-corrected chi connectivity index (χ4v) is 3.79. The lowest BCUT2D eigenvalue weighted by Crippen LogP contribution is -2.39. The number of rotatable bonds is 6. The molecule has 1 aliphatic rings. The molecule has 0 atom stereocenters. The van der Waals surface area contributed by atoms with Crippen molar-refractivity contribution < 1.29 is 9.59 Å². The zero-order chi connectivity index (χ0) is 20.5. The number of thiocarbonyl (C=S) groups is 1. The first-order valence-electron chi connectivity index (χ1n) is 10.2. The van der Waals surface area contributed by atoms with Crippen molar-refractivity contribution in [1.82, 2.24) is 10.6 Å². The van der Waals surface area contributed by atoms with E-state index >= 15 is 0 Å². The van der Waals surface area contributed by atoms with Crippen molar-refractivity contribution in [2.75, 3.05) is 11.9 Å². The highest BCUT2D eigenvalue weighted by Crippen LogP contribution is 2.23. The van der Waals surface area contributed by atoms with E-state index in [4.69, 9.17) is 12.2 Å². The van der Waals surface area contributed by atoms with E-state index in [0.717, 1.165) is 32.1 Å². The third kappa shape index (κ3) is 6.39. The van der Waals surface area contributed by atoms with E-state index in [1.54, 1.807) is 18.2 Å². The maximum Gasteiger partial charge on any atom is 0.253 e. The van der Waals surface area contributed by atoms with Crippen LogP contribution in [0.2, 0.25) is 0 Å². The summed E-state index contributed by atoms with van der Waals surface area (Å²) in [6.45, 7) is 0.542. The number of carbonyl (C=O) groups excluding carboxylic acids is 2. The molecule has 0 bridgehead atoms. The largest absolute Gasteiger partial charge is 0.352 e. The van der Waals surface area contributed by atoms with Crippen molar-refractivity contribution in [3.05, 3.63) is 65.7 Å². The summed E-state index contributed by atoms with van der Waals surface area (Å²) in [5, 5.41) is 8.96. The molecule has 0 aromatic heterocycles. The highest BCUT2D eigenvalue weighted by atomic mass is 32.1. The summed E-state index contributed by atoms with van der Waals surface area (Å²) < 4.78 is 0. The molecule has 2 aromatic carbocycles. The summed E-state index contributed by atoms with van der Waals surface area (Å²) in [4.78, 5) is 25.0. The molecule has 2 amide bonds. The number of para-hydroxylation sites is 1. The monoisotopic (exact) mass is 409 g/mol. The molecule has 29 heavy (non-hydrogen) atoms. The molecule has 2 aromatic rings. The Morgan fingerprint density at radius 3 is 2.38 bits per heavy atom. The van der Waals surface area contributed by atoms with Gasteiger partial charge in [0.05, 0.1) is 11.3 Å². The molecular weight excluding hydrogens is 382 g/mol. The normalized spacial score (nSPS) is 14.1. The van der Waals surface area contributed by atoms with Crippen molar-refractivity contribution in [3.8, 4) is 0 Å². The Morgan fingerprint density at radius 1 is 0.931 bits per heavy atom. The molecule has 1 saturated carbocycles. The SMILES string of the molecule is O=C(NCCc1ccccc1)c1ccccc1NC(=S)NC(=O)C1CCCCC1. The van der Waals surface area contributed by atoms with Gasteiger partial charge in [-0.3, -0.25) is 9.59 Å². The molecule has 0 radical (unpaired) electrons. The van der Waals surface area contributed by atoms with Gasteiger partial charge in [0.1, 0.15) is 0 Å². The number of nitrogens with one attached hydrogen (secondary N) is 3. The Kier molecular flexibility index (Phi) is 7.76. The van der Waals surface area contributed by atoms with Crippen molar-refractivity contribution in [3.63, 3.8) is 0 Å². The number of hydrogen-bond acceptors (Lipinski definition) is 3. The predicted octanol–water partition coefficient (Wildman–Crippen LogP) is 4.05. The molecule has 152 valence electrons. The molecule has 1 aliphatic carbocycles. The van der Waals surface area contributed by atoms with Gasteiger partial charge in [-0.15, -0.1) is 0 Å². The molecule has 1 fully saturated rings. The van der Waals surface area contributed by atoms with Crippen LogP contribution in [-0.2, 0) is 11.2 Å². The maximum atomic E-state index is 12.6. The van der Waals surface area contributed by atoms with Gasteiger partial charge in [-0.2, -0.15) is 0 Å². The van der Waals surface area contributed by atoms with Crippen LogP contribution in [0.3, 0.4) is 0 Å². The Bertz CT molecular complexity index is 848. The molecule has 0 aliphatic heterocycles. The number of hydrogen-bond donors (Lipinski definition) is 3. The van der Waals surface area contributed by atoms with Crippen LogP contribution in [0.5, 0.6) is 0 Å². The average molecular weight is 410 g/mol. The van der Waals surface area contributed by atoms with Gasteiger partial charge in [-0.25, -0.2) is 0 Å². The quantitative estimate of drug-likeness (QED) is 0.630. The standard InChI is InChI=1S/C23H27N3O2S/c27-21(18-11-5-2-6-12-18)26-23(29)25-20-14-8-7-13-19(20)22(28)24-16-15-17-9-3-1-4-10-17/h1,3-4,7-10,13-14,18H,2,5-6,11-12,15-16H2,(H,24,28)(H2,25,26,27,29). The van der Waals surface area contributed by atoms with E-state index in [0.29, 0.717) is 17.8 Å². The summed E-state index contributed by atoms with van der Waals surface area (Å²) >= 11 is 5.30. The van der Waals surface area contributed by atoms with E-state index < -0.39 is 0 Å². The summed E-state index contributed by atoms with van der Waals surface area (Å²) in [7, 11) is 0. The Hall–Kier alpha value is -2.73. The molecule has 0 heterocycles. The van der Waals surface area contributed by atoms with Crippen molar-refractivity contribution >= 4 is 34.8 Å². The van der Waals surface area contributed by atoms with Crippen LogP contribution in [0.15, 0.2) is 54.6 Å². The summed E-state index contributed by atoms with van der Waals surface area (Å²) in [5.41, 5.74) is 2.25. The number of amides is 2. The van der Waals surface area contributed by atoms with E-state index in [-0.39, 0.29) is 22.8 Å². The van der Waals surface area contributed by atoms with Gasteiger partial charge < -0.3 is 16.0 Å². The van der Waals surface area contributed by atoms with Gasteiger partial charge in [-0.05, 0) is 49.2 Å². The van der Waals surface area contributed by atoms with Gasteiger partial charge in [0, 0.05) is 12.5 Å². The molecule has 0 spiro atoms. The molecule has 0 unspecified atom stereocenters. The highest BCUT2D eigenvalue weighted by Gasteiger charge is 2.22. The fraction of sp³-hybridized carbons (Fsp3) is 0.348. The second-order valence-electron chi connectivity index (χ2n) is 7.32. The summed E-state index contributed by atoms with van der Waals surface area (Å²) in [5.74, 6) is -0.183. The van der Waals surface area contributed by atoms with Gasteiger partial charge in [-0.1, -0.05) is 61.7 Å². The van der Waals surface area contributed by atoms with Crippen molar-refractivity contribution in [2.45, 2.75) is 38.5 Å². The molecule has 6 heteroatoms. The highest BCUT2D eigenvalue weighted by molar-refractivity contribution is 7.80. The third-order valence-corrected chi connectivity index (χ3v) is 5.38. The van der Waals surface area contributed by atoms with Crippen molar-refractivity contribution in [2.24, 2.45) is 5.92 Å². The van der Waals surface area contributed by atoms with Crippen LogP contribution < -0.4 is 16.0 Å². The zero-order valence-electron chi connectivity index (χ0n) is 16.4. The van der Waals surface area contributed by atoms with Gasteiger partial charge in [0.2, 0.25) is 5.91 Å². The van der Waals surface area contributed by atoms with Gasteiger partial charge in [0.25, 0.3) is 5.91 Å². The minimum Gasteiger partial charge on any atom is -0.352 e. The molecular formula is C23H27N3O2S. The van der Waals surface area contributed by atoms with Gasteiger partial charge in [0.15, 0.2) is 5.11 Å². The number of benzene rings is 2. The first-order valence-corrected chi connectivity index (χ1v) is 10.6. The molecule has 3 rings (SSSR count). The minimum atomic E-state index is -0.176. The first-order chi connectivity index (χ1) is 14.1. The second kappa shape index (κ2) is 10.7. The Labute approximate surface area is 177 Å². The number of carbonyl (C=O) groups is 2. The lowest BCUT2D eigenvalue weighted by atomic mass is 9.89. The van der Waals surface area contributed by atoms with Crippen LogP contribution >= 0.6 is 12.2 Å². The Balaban J connectivity index is 1.54. The lowest BCUT2D eigenvalue weighted by molar-refractivity contribution is -0.124. The van der Waals surface area contributed by atoms with E-state index in [1.165, 1.54) is 12.0 Å². The van der Waals surface area contributed by atoms with Gasteiger partial charge >= 0.3 is 0 Å². The second-order valence-corrected chi connectivity index (χ2v) is 7.72. The Morgan fingerprint density at radius 2 is 1.62 bits per heavy atom. The predicted molar refractivity (Wildman–Crippen MR) is 120 cm³/mol. The topological polar surface area (TPSA) is 70.2 Å². The summed E-state index contributed by atoms with van der Waals surface area (Å²) in [6.07, 6.45) is 5.95. The smallest absolute Gasteiger partial charge is 0.253 e. The van der Waals surface area contributed by atoms with Crippen LogP contribution in [0.4, 0.5) is 5.69 Å². The van der Waals surface area contributed by atoms with Crippen molar-refractivity contribution in [1.29, 1.82) is 0 Å². The first kappa shape index (κ1) is 21.0. The van der Waals surface area contributed by atoms with E-state index in [9.17, 15) is 9.59 Å². The van der Waals surface area contributed by atoms with E-state index in [1.807, 2.05) is 36.4 Å². The molecule has 3 N–H and O–H groups in total. The molecule has 0 saturated heterocycles. The zero-order valence-corrected chi connectivity index (χ0v) is 17.3. The fourth-order valence-electron chi connectivity index (χ4n) is 3.58. The van der Waals surface area contributed by atoms with E-state index in [2.05, 4.69) is 16.0 Å². The van der Waals surface area contributed by atoms with Crippen LogP contribution in [-0.4, -0.2) is 23.5 Å². The van der Waals surface area contributed by atoms with Crippen LogP contribution in [0, 0.1) is 5.92 Å². The van der Waals surface area contributed by atoms with Crippen LogP contribution in [0.1, 0.15) is 48.0 Å². The third-order valence-electron chi connectivity index (χ3n) is 5.17. The lowest BCUT2D eigenvalue weighted by Gasteiger charge is -2.21. The minimum absolute atomic E-state index is 0.0278.